The van der Waals surface area contributed by atoms with E-state index in [4.69, 9.17) is 38.3 Å². The first kappa shape index (κ1) is 45.7. The molecule has 0 aliphatic carbocycles. The molecule has 10 nitrogen and oxygen atoms in total. The number of aliphatic hydroxyl groups excluding tert-OH is 1. The molecule has 6 rings (SSSR count). The van der Waals surface area contributed by atoms with E-state index >= 15 is 4.39 Å². The second kappa shape index (κ2) is 23.4. The van der Waals surface area contributed by atoms with E-state index in [1.54, 1.807) is 6.07 Å². The molecule has 2 aromatic carbocycles. The number of carbonyl (C=O) groups excluding carboxylic acids is 2. The summed E-state index contributed by atoms with van der Waals surface area (Å²) in [7, 11) is 0. The van der Waals surface area contributed by atoms with Gasteiger partial charge in [0.2, 0.25) is 0 Å². The van der Waals surface area contributed by atoms with Crippen LogP contribution < -0.4 is 11.1 Å². The predicted molar refractivity (Wildman–Crippen MR) is 224 cm³/mol. The zero-order valence-electron chi connectivity index (χ0n) is 34.5. The van der Waals surface area contributed by atoms with Gasteiger partial charge >= 0.3 is 0 Å². The van der Waals surface area contributed by atoms with Crippen LogP contribution in [0.3, 0.4) is 0 Å². The number of piperidine rings is 2. The molecule has 0 bridgehead atoms. The van der Waals surface area contributed by atoms with Crippen molar-refractivity contribution in [3.63, 3.8) is 0 Å². The van der Waals surface area contributed by atoms with Crippen molar-refractivity contribution >= 4 is 47.4 Å². The minimum atomic E-state index is -2.20. The lowest BCUT2D eigenvalue weighted by molar-refractivity contribution is -0.0201. The van der Waals surface area contributed by atoms with Crippen molar-refractivity contribution in [2.24, 2.45) is 5.73 Å². The lowest BCUT2D eigenvalue weighted by Crippen LogP contribution is -2.49. The fraction of sp³-hybridized carbons (Fsp3) is 0.405. The number of rotatable bonds is 8. The summed E-state index contributed by atoms with van der Waals surface area (Å²) >= 11 is 11.4. The molecular formula is C42H50Cl3F4N7O3. The molecule has 4 N–H and O–H groups in total. The third kappa shape index (κ3) is 14.7. The van der Waals surface area contributed by atoms with Crippen LogP contribution in [0.1, 0.15) is 80.5 Å². The molecule has 0 spiro atoms. The smallest absolute Gasteiger partial charge is 0.253 e. The highest BCUT2D eigenvalue weighted by Gasteiger charge is 2.42. The fourth-order valence-electron chi connectivity index (χ4n) is 5.94. The number of hydrogen-bond acceptors (Lipinski definition) is 8. The average molecular weight is 886 g/mol. The molecule has 2 aliphatic heterocycles. The van der Waals surface area contributed by atoms with E-state index in [9.17, 15) is 27.9 Å². The van der Waals surface area contributed by atoms with Crippen molar-refractivity contribution in [1.82, 2.24) is 25.1 Å². The maximum atomic E-state index is 15.1. The molecule has 0 saturated carbocycles. The number of nitrogens with two attached hydrogens (primary N) is 1. The largest absolute Gasteiger partial charge is 0.375 e. The molecule has 4 aromatic rings. The number of carbonyl (C=O) groups is 2. The predicted octanol–water partition coefficient (Wildman–Crippen LogP) is 8.13. The van der Waals surface area contributed by atoms with Gasteiger partial charge in [-0.1, -0.05) is 42.8 Å². The van der Waals surface area contributed by atoms with Crippen LogP contribution in [0, 0.1) is 36.7 Å². The Morgan fingerprint density at radius 3 is 1.78 bits per heavy atom. The van der Waals surface area contributed by atoms with E-state index in [2.05, 4.69) is 15.3 Å². The molecular weight excluding hydrogens is 833 g/mol. The summed E-state index contributed by atoms with van der Waals surface area (Å²) in [6.07, 6.45) is 1.53. The zero-order valence-corrected chi connectivity index (χ0v) is 33.9. The zero-order chi connectivity index (χ0) is 44.3. The Bertz CT molecular complexity index is 2120. The molecule has 2 aromatic heterocycles. The molecule has 2 fully saturated rings. The van der Waals surface area contributed by atoms with Gasteiger partial charge in [-0.25, -0.2) is 17.6 Å². The normalized spacial score (nSPS) is 16.6. The quantitative estimate of drug-likeness (QED) is 0.119. The summed E-state index contributed by atoms with van der Waals surface area (Å²) < 4.78 is 77.7. The summed E-state index contributed by atoms with van der Waals surface area (Å²) in [5.41, 5.74) is 5.27. The molecule has 2 amide bonds. The molecule has 2 aliphatic rings. The minimum absolute atomic E-state index is 0. The molecule has 1 unspecified atom stereocenters. The summed E-state index contributed by atoms with van der Waals surface area (Å²) in [5.74, 6) is -1.90. The third-order valence-electron chi connectivity index (χ3n) is 9.53. The van der Waals surface area contributed by atoms with E-state index in [1.165, 1.54) is 58.0 Å². The van der Waals surface area contributed by atoms with E-state index in [1.807, 2.05) is 25.3 Å². The van der Waals surface area contributed by atoms with Crippen LogP contribution >= 0.6 is 35.6 Å². The molecule has 17 heteroatoms. The maximum absolute atomic E-state index is 15.1. The van der Waals surface area contributed by atoms with Gasteiger partial charge in [0.15, 0.2) is 11.8 Å². The third-order valence-corrected chi connectivity index (χ3v) is 10.1. The molecule has 1 atom stereocenters. The van der Waals surface area contributed by atoms with Crippen LogP contribution in [0.4, 0.5) is 17.6 Å². The van der Waals surface area contributed by atoms with Crippen LogP contribution in [0.25, 0.3) is 0 Å². The number of amides is 2. The number of nitrogens with one attached hydrogen (secondary N) is 1. The standard InChI is InChI=1S/C20H22ClF2N3O.C14H13ClF2N2O2.C7H10N2.CH4.ClH/c1-14-2-4-16(25-11-14)12-24-13-20(23)6-8-26(9-7-20)19(27)15-3-5-18(22)17(21)10-15;15-10-7-9(1-2-11(10)16)13(21)19-5-3-14(17,4-6-19)12(20)8-18;1-6-2-3-7(4-8)9-5-6;;/h2-5,10-11,24H,6-9,12-13H2,1H3;1-2,7,12,20H,3-6H2;2-3,5H,4,8H2,1H3;1H4;1H/i1D3;;;;. The monoisotopic (exact) mass is 884 g/mol. The van der Waals surface area contributed by atoms with E-state index in [0.29, 0.717) is 18.8 Å². The Kier molecular flexibility index (Phi) is 18.2. The summed E-state index contributed by atoms with van der Waals surface area (Å²) in [5, 5.41) is 20.7. The molecule has 59 heavy (non-hydrogen) atoms. The van der Waals surface area contributed by atoms with Crippen molar-refractivity contribution in [3.8, 4) is 6.07 Å². The van der Waals surface area contributed by atoms with Gasteiger partial charge < -0.3 is 26.0 Å². The Hall–Kier alpha value is -4.36. The maximum Gasteiger partial charge on any atom is 0.253 e. The summed E-state index contributed by atoms with van der Waals surface area (Å²) in [6, 6.07) is 15.9. The van der Waals surface area contributed by atoms with E-state index < -0.39 is 35.9 Å². The topological polar surface area (TPSA) is 148 Å². The van der Waals surface area contributed by atoms with Crippen molar-refractivity contribution in [3.05, 3.63) is 128 Å². The van der Waals surface area contributed by atoms with Crippen molar-refractivity contribution in [2.45, 2.75) is 77.4 Å². The van der Waals surface area contributed by atoms with Gasteiger partial charge in [0.1, 0.15) is 17.3 Å². The first-order valence-corrected chi connectivity index (χ1v) is 18.7. The second-order valence-corrected chi connectivity index (χ2v) is 14.5. The van der Waals surface area contributed by atoms with Crippen LogP contribution in [0.5, 0.6) is 0 Å². The minimum Gasteiger partial charge on any atom is -0.375 e. The Labute approximate surface area is 363 Å². The highest BCUT2D eigenvalue weighted by atomic mass is 35.5. The number of alkyl halides is 2. The second-order valence-electron chi connectivity index (χ2n) is 13.7. The van der Waals surface area contributed by atoms with Gasteiger partial charge in [-0.05, 0) is 73.4 Å². The molecule has 4 heterocycles. The first-order valence-electron chi connectivity index (χ1n) is 19.5. The SMILES string of the molecule is C.Cc1ccc(CN)nc1.Cl.N#CC(O)C1(F)CCN(C(=O)c2ccc(F)c(Cl)c2)CC1.[2H]C([2H])([2H])c1ccc(CNCC2(F)CCN(C(=O)c3ccc(F)c(Cl)c3)CC2)nc1. The van der Waals surface area contributed by atoms with Crippen molar-refractivity contribution < 1.29 is 36.4 Å². The van der Waals surface area contributed by atoms with Crippen LogP contribution in [0.2, 0.25) is 10.0 Å². The number of halogens is 7. The number of aromatic nitrogens is 2. The van der Waals surface area contributed by atoms with Crippen molar-refractivity contribution in [1.29, 1.82) is 5.26 Å². The number of pyridine rings is 2. The first-order chi connectivity index (χ1) is 28.3. The number of hydrogen-bond donors (Lipinski definition) is 3. The lowest BCUT2D eigenvalue weighted by Gasteiger charge is -2.37. The number of aliphatic hydroxyl groups is 1. The molecule has 320 valence electrons. The fourth-order valence-corrected chi connectivity index (χ4v) is 6.31. The Morgan fingerprint density at radius 1 is 0.881 bits per heavy atom. The van der Waals surface area contributed by atoms with Gasteiger partial charge in [0.05, 0.1) is 27.5 Å². The van der Waals surface area contributed by atoms with Gasteiger partial charge in [0, 0.05) is 99.1 Å². The van der Waals surface area contributed by atoms with Crippen LogP contribution in [0.15, 0.2) is 73.1 Å². The van der Waals surface area contributed by atoms with Gasteiger partial charge in [0.25, 0.3) is 11.8 Å². The highest BCUT2D eigenvalue weighted by Crippen LogP contribution is 2.31. The van der Waals surface area contributed by atoms with Gasteiger partial charge in [-0.2, -0.15) is 5.26 Å². The number of nitriles is 1. The summed E-state index contributed by atoms with van der Waals surface area (Å²) in [6.45, 7) is 1.38. The Morgan fingerprint density at radius 2 is 1.36 bits per heavy atom. The van der Waals surface area contributed by atoms with E-state index in [-0.39, 0.29) is 117 Å². The number of aryl methyl sites for hydroxylation is 2. The molecule has 2 saturated heterocycles. The number of likely N-dealkylation sites (tertiary alicyclic amines) is 2. The van der Waals surface area contributed by atoms with Crippen LogP contribution in [-0.2, 0) is 13.1 Å². The lowest BCUT2D eigenvalue weighted by atomic mass is 9.88. The van der Waals surface area contributed by atoms with E-state index in [0.717, 1.165) is 17.8 Å². The average Bonchev–Trinajstić information content (AvgIpc) is 3.23. The summed E-state index contributed by atoms with van der Waals surface area (Å²) in [4.78, 5) is 35.8. The Balaban J connectivity index is 0.000000358. The highest BCUT2D eigenvalue weighted by molar-refractivity contribution is 6.31. The molecule has 0 radical (unpaired) electrons. The van der Waals surface area contributed by atoms with Crippen LogP contribution in [-0.4, -0.2) is 86.9 Å². The van der Waals surface area contributed by atoms with Gasteiger partial charge in [-0.15, -0.1) is 12.4 Å². The van der Waals surface area contributed by atoms with Gasteiger partial charge in [-0.3, -0.25) is 19.6 Å². The number of nitrogens with zero attached hydrogens (tertiary/aromatic N) is 5. The number of benzene rings is 2. The van der Waals surface area contributed by atoms with Crippen molar-refractivity contribution in [2.75, 3.05) is 32.7 Å².